The summed E-state index contributed by atoms with van der Waals surface area (Å²) < 4.78 is 111. The quantitative estimate of drug-likeness (QED) is 0.0637. The van der Waals surface area contributed by atoms with Crippen LogP contribution in [0, 0.1) is 30.2 Å². The fourth-order valence-electron chi connectivity index (χ4n) is 5.41. The number of imidazole rings is 1. The van der Waals surface area contributed by atoms with Gasteiger partial charge < -0.3 is 18.8 Å². The monoisotopic (exact) mass is 797 g/mol. The van der Waals surface area contributed by atoms with Crippen molar-refractivity contribution in [1.82, 2.24) is 19.3 Å². The predicted octanol–water partition coefficient (Wildman–Crippen LogP) is 7.02. The molecule has 5 rings (SSSR count). The van der Waals surface area contributed by atoms with Crippen molar-refractivity contribution in [3.05, 3.63) is 83.2 Å². The first kappa shape index (κ1) is 40.1. The van der Waals surface area contributed by atoms with Crippen LogP contribution in [-0.4, -0.2) is 90.6 Å². The highest BCUT2D eigenvalue weighted by atomic mass is 32.3. The molecule has 286 valence electrons. The maximum atomic E-state index is 16.8. The van der Waals surface area contributed by atoms with Crippen LogP contribution >= 0.6 is 21.8 Å². The number of sulfonamides is 1. The van der Waals surface area contributed by atoms with Crippen LogP contribution in [0.15, 0.2) is 53.7 Å². The Morgan fingerprint density at radius 3 is 2.42 bits per heavy atom. The maximum absolute atomic E-state index is 16.8. The molecule has 0 saturated carbocycles. The van der Waals surface area contributed by atoms with Gasteiger partial charge in [0.1, 0.15) is 36.3 Å². The fourth-order valence-corrected chi connectivity index (χ4v) is 7.65. The summed E-state index contributed by atoms with van der Waals surface area (Å²) in [4.78, 5) is 15.9. The number of nitrogens with zero attached hydrogens (tertiary/aromatic N) is 4. The van der Waals surface area contributed by atoms with E-state index in [2.05, 4.69) is 33.6 Å². The van der Waals surface area contributed by atoms with Gasteiger partial charge >= 0.3 is 5.97 Å². The van der Waals surface area contributed by atoms with Gasteiger partial charge in [-0.3, -0.25) is 4.72 Å². The Labute approximate surface area is 310 Å². The van der Waals surface area contributed by atoms with Crippen molar-refractivity contribution >= 4 is 54.4 Å². The van der Waals surface area contributed by atoms with E-state index in [9.17, 15) is 17.6 Å². The molecule has 5 aromatic rings. The number of fused-ring (bicyclic) bond motifs is 1. The third-order valence-corrected chi connectivity index (χ3v) is 11.6. The molecule has 0 saturated heterocycles. The predicted molar refractivity (Wildman–Crippen MR) is 200 cm³/mol. The van der Waals surface area contributed by atoms with Crippen LogP contribution in [-0.2, 0) is 37.7 Å². The van der Waals surface area contributed by atoms with Gasteiger partial charge in [-0.25, -0.2) is 50.5 Å². The minimum absolute atomic E-state index is 0.131. The average Bonchev–Trinajstić information content (AvgIpc) is 3.72. The Morgan fingerprint density at radius 1 is 0.981 bits per heavy atom. The highest BCUT2D eigenvalue weighted by Gasteiger charge is 2.28. The molecular formula is C35H39F4N5O6S3. The zero-order valence-corrected chi connectivity index (χ0v) is 32.3. The number of anilines is 1. The van der Waals surface area contributed by atoms with E-state index < -0.39 is 71.0 Å². The van der Waals surface area contributed by atoms with Gasteiger partial charge in [-0.15, -0.1) is 0 Å². The molecule has 0 atom stereocenters. The molecule has 2 heterocycles. The molecule has 0 aliphatic rings. The molecule has 0 radical (unpaired) electrons. The molecule has 18 heteroatoms. The number of halogens is 4. The molecule has 0 fully saturated rings. The number of methoxy groups -OCH3 is 1. The average molecular weight is 798 g/mol. The topological polar surface area (TPSA) is 127 Å². The lowest BCUT2D eigenvalue weighted by molar-refractivity contribution is 0.0599. The molecule has 11 nitrogen and oxygen atoms in total. The highest BCUT2D eigenvalue weighted by molar-refractivity contribution is 8.32. The number of esters is 1. The molecule has 53 heavy (non-hydrogen) atoms. The van der Waals surface area contributed by atoms with E-state index in [0.29, 0.717) is 25.1 Å². The lowest BCUT2D eigenvalue weighted by Crippen LogP contribution is -2.18. The lowest BCUT2D eigenvalue weighted by Gasteiger charge is -2.24. The van der Waals surface area contributed by atoms with Gasteiger partial charge in [-0.1, -0.05) is 6.07 Å². The van der Waals surface area contributed by atoms with Crippen LogP contribution in [0.2, 0.25) is 0 Å². The zero-order chi connectivity index (χ0) is 38.7. The number of nitrogens with one attached hydrogen (secondary N) is 1. The van der Waals surface area contributed by atoms with E-state index in [4.69, 9.17) is 9.47 Å². The lowest BCUT2D eigenvalue weighted by atomic mass is 10.0. The van der Waals surface area contributed by atoms with Crippen LogP contribution < -0.4 is 4.72 Å². The third-order valence-electron chi connectivity index (χ3n) is 8.12. The SMILES string of the molecule is COC(=O)c1cc(F)cc(S(=O)(=O)Nc2ccc(F)c(-c3ccc4c(-c5nccn5COCCSC)nn(COCCS(C)(C)C)c4c3F)c2F)c1C. The van der Waals surface area contributed by atoms with Gasteiger partial charge in [-0.2, -0.15) is 16.9 Å². The van der Waals surface area contributed by atoms with E-state index in [1.165, 1.54) is 23.7 Å². The Hall–Kier alpha value is -4.10. The number of thioether (sulfide) groups is 1. The number of aromatic nitrogens is 4. The number of carbonyl (C=O) groups is 1. The van der Waals surface area contributed by atoms with Crippen LogP contribution in [0.1, 0.15) is 15.9 Å². The smallest absolute Gasteiger partial charge is 0.338 e. The fraction of sp³-hybridized carbons (Fsp3) is 0.343. The second-order valence-corrected chi connectivity index (χ2v) is 19.9. The summed E-state index contributed by atoms with van der Waals surface area (Å²) in [6.45, 7) is 2.04. The van der Waals surface area contributed by atoms with Crippen LogP contribution in [0.5, 0.6) is 0 Å². The first-order chi connectivity index (χ1) is 25.1. The molecule has 0 spiro atoms. The second kappa shape index (κ2) is 16.5. The van der Waals surface area contributed by atoms with Crippen LogP contribution in [0.25, 0.3) is 33.5 Å². The normalized spacial score (nSPS) is 12.4. The number of hydrogen-bond acceptors (Lipinski definition) is 9. The summed E-state index contributed by atoms with van der Waals surface area (Å²) in [5, 5.41) is 4.90. The van der Waals surface area contributed by atoms with Crippen molar-refractivity contribution in [2.24, 2.45) is 0 Å². The minimum atomic E-state index is -4.78. The summed E-state index contributed by atoms with van der Waals surface area (Å²) in [5.41, 5.74) is -2.55. The van der Waals surface area contributed by atoms with Crippen molar-refractivity contribution in [2.75, 3.05) is 61.6 Å². The maximum Gasteiger partial charge on any atom is 0.338 e. The summed E-state index contributed by atoms with van der Waals surface area (Å²) in [5.74, 6) is -3.84. The molecule has 0 aliphatic heterocycles. The van der Waals surface area contributed by atoms with Gasteiger partial charge in [0.15, 0.2) is 17.5 Å². The van der Waals surface area contributed by atoms with E-state index in [-0.39, 0.29) is 41.2 Å². The molecule has 0 aliphatic carbocycles. The van der Waals surface area contributed by atoms with E-state index in [1.54, 1.807) is 28.7 Å². The van der Waals surface area contributed by atoms with Crippen molar-refractivity contribution in [3.63, 3.8) is 0 Å². The van der Waals surface area contributed by atoms with Gasteiger partial charge in [0.05, 0.1) is 42.0 Å². The van der Waals surface area contributed by atoms with E-state index in [1.807, 2.05) is 11.0 Å². The Morgan fingerprint density at radius 2 is 1.72 bits per heavy atom. The largest absolute Gasteiger partial charge is 0.465 e. The summed E-state index contributed by atoms with van der Waals surface area (Å²) >= 11 is 1.63. The molecule has 0 unspecified atom stereocenters. The summed E-state index contributed by atoms with van der Waals surface area (Å²) in [7, 11) is -4.65. The Balaban J connectivity index is 1.59. The van der Waals surface area contributed by atoms with Crippen molar-refractivity contribution in [1.29, 1.82) is 0 Å². The van der Waals surface area contributed by atoms with Crippen molar-refractivity contribution in [2.45, 2.75) is 25.3 Å². The molecule has 2 aromatic heterocycles. The minimum Gasteiger partial charge on any atom is -0.465 e. The van der Waals surface area contributed by atoms with Gasteiger partial charge in [0.2, 0.25) is 0 Å². The van der Waals surface area contributed by atoms with Crippen molar-refractivity contribution in [3.8, 4) is 22.6 Å². The standard InChI is InChI=1S/C35H39F4N5O6S3/c1-21-25(35(45)48-2)17-22(36)18-28(21)53(46,47)42-27-10-9-26(37)29(31(27)39)23-7-8-24-32(34-40-11-12-43(34)19-49-13-15-51-3)41-44(33(24)30(23)38)20-50-14-16-52(4,5)6/h7-12,17-18,42H,13-16,19-20H2,1-6H3. The molecule has 0 amide bonds. The molecule has 3 aromatic carbocycles. The summed E-state index contributed by atoms with van der Waals surface area (Å²) in [6.07, 6.45) is 11.6. The Bertz CT molecular complexity index is 2260. The number of hydrogen-bond donors (Lipinski definition) is 1. The van der Waals surface area contributed by atoms with Gasteiger partial charge in [0.25, 0.3) is 10.0 Å². The van der Waals surface area contributed by atoms with Crippen molar-refractivity contribution < 1.29 is 45.0 Å². The van der Waals surface area contributed by atoms with E-state index >= 15 is 13.2 Å². The first-order valence-electron chi connectivity index (χ1n) is 16.0. The summed E-state index contributed by atoms with van der Waals surface area (Å²) in [6, 6.07) is 5.64. The van der Waals surface area contributed by atoms with E-state index in [0.717, 1.165) is 36.8 Å². The van der Waals surface area contributed by atoms with Crippen LogP contribution in [0.4, 0.5) is 23.2 Å². The zero-order valence-electron chi connectivity index (χ0n) is 29.8. The number of ether oxygens (including phenoxy) is 3. The Kier molecular flexibility index (Phi) is 12.5. The van der Waals surface area contributed by atoms with Gasteiger partial charge in [-0.05, 0) is 67.8 Å². The number of carbonyl (C=O) groups excluding carboxylic acids is 1. The number of rotatable bonds is 16. The first-order valence-corrected chi connectivity index (χ1v) is 21.9. The molecule has 1 N–H and O–H groups in total. The highest BCUT2D eigenvalue weighted by Crippen LogP contribution is 2.39. The number of benzene rings is 3. The second-order valence-electron chi connectivity index (χ2n) is 12.7. The molecule has 0 bridgehead atoms. The van der Waals surface area contributed by atoms with Gasteiger partial charge in [0, 0.05) is 34.8 Å². The third kappa shape index (κ3) is 8.83. The van der Waals surface area contributed by atoms with Crippen LogP contribution in [0.3, 0.4) is 0 Å². The molecular weight excluding hydrogens is 759 g/mol.